The van der Waals surface area contributed by atoms with Crippen LogP contribution in [0.3, 0.4) is 0 Å². The van der Waals surface area contributed by atoms with Crippen LogP contribution in [0.1, 0.15) is 43.4 Å². The summed E-state index contributed by atoms with van der Waals surface area (Å²) in [7, 11) is -2.53. The highest BCUT2D eigenvalue weighted by Crippen LogP contribution is 2.41. The highest BCUT2D eigenvalue weighted by molar-refractivity contribution is 7.89. The Hall–Kier alpha value is -4.77. The number of carbonyl (C=O) groups excluding carboxylic acids is 1. The van der Waals surface area contributed by atoms with Gasteiger partial charge in [-0.15, -0.1) is 0 Å². The van der Waals surface area contributed by atoms with E-state index in [1.165, 1.54) is 11.7 Å². The number of hydrogen-bond donors (Lipinski definition) is 2. The van der Waals surface area contributed by atoms with E-state index in [9.17, 15) is 18.0 Å². The number of pyridine rings is 1. The van der Waals surface area contributed by atoms with Gasteiger partial charge in [-0.05, 0) is 63.1 Å². The predicted octanol–water partition coefficient (Wildman–Crippen LogP) is 5.34. The molecule has 0 fully saturated rings. The molecule has 0 aliphatic rings. The van der Waals surface area contributed by atoms with E-state index in [1.54, 1.807) is 68.7 Å². The number of rotatable bonds is 11. The van der Waals surface area contributed by atoms with Crippen LogP contribution in [0.25, 0.3) is 27.4 Å². The summed E-state index contributed by atoms with van der Waals surface area (Å²) in [5.74, 6) is -0.294. The van der Waals surface area contributed by atoms with Gasteiger partial charge in [-0.25, -0.2) is 8.42 Å². The van der Waals surface area contributed by atoms with Crippen molar-refractivity contribution in [2.24, 2.45) is 0 Å². The third-order valence-electron chi connectivity index (χ3n) is 7.47. The zero-order valence-corrected chi connectivity index (χ0v) is 26.1. The Morgan fingerprint density at radius 3 is 2.43 bits per heavy atom. The largest absolute Gasteiger partial charge is 0.496 e. The van der Waals surface area contributed by atoms with Crippen LogP contribution in [0, 0.1) is 6.92 Å². The number of hydrogen-bond acceptors (Lipinski definition) is 7. The van der Waals surface area contributed by atoms with Gasteiger partial charge in [0.1, 0.15) is 11.5 Å². The van der Waals surface area contributed by atoms with Crippen LogP contribution in [-0.4, -0.2) is 44.2 Å². The summed E-state index contributed by atoms with van der Waals surface area (Å²) in [6.07, 6.45) is 3.52. The van der Waals surface area contributed by atoms with Crippen molar-refractivity contribution < 1.29 is 27.4 Å². The van der Waals surface area contributed by atoms with Crippen LogP contribution in [0.4, 0.5) is 0 Å². The van der Waals surface area contributed by atoms with E-state index in [1.807, 2.05) is 26.0 Å². The Balaban J connectivity index is 1.47. The average Bonchev–Trinajstić information content (AvgIpc) is 3.34. The molecule has 0 aliphatic carbocycles. The van der Waals surface area contributed by atoms with Crippen LogP contribution in [0.5, 0.6) is 17.2 Å². The molecule has 44 heavy (non-hydrogen) atoms. The first-order chi connectivity index (χ1) is 21.1. The fourth-order valence-electron chi connectivity index (χ4n) is 5.47. The molecule has 5 aromatic rings. The number of fused-ring (bicyclic) bond motifs is 2. The van der Waals surface area contributed by atoms with Gasteiger partial charge in [0.2, 0.25) is 15.9 Å². The molecule has 2 N–H and O–H groups in total. The highest BCUT2D eigenvalue weighted by Gasteiger charge is 2.25. The number of benzene rings is 3. The molecular weight excluding hydrogens is 582 g/mol. The minimum Gasteiger partial charge on any atom is -0.496 e. The zero-order valence-electron chi connectivity index (χ0n) is 25.3. The van der Waals surface area contributed by atoms with Crippen LogP contribution in [-0.2, 0) is 20.6 Å². The van der Waals surface area contributed by atoms with Crippen LogP contribution < -0.4 is 24.5 Å². The van der Waals surface area contributed by atoms with Crippen molar-refractivity contribution in [2.75, 3.05) is 20.3 Å². The fourth-order valence-corrected chi connectivity index (χ4v) is 6.64. The van der Waals surface area contributed by atoms with Gasteiger partial charge < -0.3 is 19.2 Å². The molecule has 230 valence electrons. The van der Waals surface area contributed by atoms with Crippen LogP contribution in [0.15, 0.2) is 71.8 Å². The van der Waals surface area contributed by atoms with Crippen molar-refractivity contribution in [3.8, 4) is 22.9 Å². The van der Waals surface area contributed by atoms with Gasteiger partial charge in [-0.3, -0.25) is 18.9 Å². The lowest BCUT2D eigenvalue weighted by Gasteiger charge is -2.16. The first-order valence-corrected chi connectivity index (χ1v) is 16.0. The number of methoxy groups -OCH3 is 1. The first-order valence-electron chi connectivity index (χ1n) is 14.3. The Kier molecular flexibility index (Phi) is 8.68. The van der Waals surface area contributed by atoms with Gasteiger partial charge in [-0.1, -0.05) is 30.3 Å². The molecule has 0 radical (unpaired) electrons. The van der Waals surface area contributed by atoms with Gasteiger partial charge in [0.15, 0.2) is 5.75 Å². The molecule has 1 amide bonds. The molecule has 0 saturated carbocycles. The molecular formula is C33H35N3O7S. The summed E-state index contributed by atoms with van der Waals surface area (Å²) in [6.45, 7) is 7.93. The van der Waals surface area contributed by atoms with Gasteiger partial charge >= 0.3 is 0 Å². The Bertz CT molecular complexity index is 2030. The summed E-state index contributed by atoms with van der Waals surface area (Å²) >= 11 is 0. The predicted molar refractivity (Wildman–Crippen MR) is 171 cm³/mol. The van der Waals surface area contributed by atoms with Crippen LogP contribution >= 0.6 is 0 Å². The topological polar surface area (TPSA) is 129 Å². The third-order valence-corrected chi connectivity index (χ3v) is 8.69. The van der Waals surface area contributed by atoms with E-state index in [0.717, 1.165) is 10.9 Å². The maximum Gasteiger partial charge on any atom is 0.266 e. The van der Waals surface area contributed by atoms with E-state index in [4.69, 9.17) is 14.2 Å². The Morgan fingerprint density at radius 1 is 1.00 bits per heavy atom. The molecule has 3 aromatic carbocycles. The lowest BCUT2D eigenvalue weighted by Crippen LogP contribution is -2.34. The van der Waals surface area contributed by atoms with Crippen molar-refractivity contribution in [2.45, 2.75) is 39.4 Å². The van der Waals surface area contributed by atoms with Gasteiger partial charge in [-0.2, -0.15) is 0 Å². The summed E-state index contributed by atoms with van der Waals surface area (Å²) in [4.78, 5) is 30.0. The number of sulfonamides is 1. The second-order valence-electron chi connectivity index (χ2n) is 10.4. The van der Waals surface area contributed by atoms with Crippen molar-refractivity contribution in [3.63, 3.8) is 0 Å². The third kappa shape index (κ3) is 5.74. The lowest BCUT2D eigenvalue weighted by molar-refractivity contribution is -0.120. The van der Waals surface area contributed by atoms with Gasteiger partial charge in [0.05, 0.1) is 54.0 Å². The Labute approximate surface area is 255 Å². The number of H-pyrrole nitrogens is 1. The molecule has 0 bridgehead atoms. The monoisotopic (exact) mass is 617 g/mol. The molecule has 0 spiro atoms. The van der Waals surface area contributed by atoms with Crippen molar-refractivity contribution >= 4 is 37.6 Å². The van der Waals surface area contributed by atoms with E-state index in [0.29, 0.717) is 63.6 Å². The number of aryl methyl sites for hydroxylation is 1. The van der Waals surface area contributed by atoms with Crippen molar-refractivity contribution in [1.29, 1.82) is 0 Å². The first kappa shape index (κ1) is 30.7. The zero-order chi connectivity index (χ0) is 31.6. The minimum atomic E-state index is -4.02. The van der Waals surface area contributed by atoms with Gasteiger partial charge in [0, 0.05) is 23.3 Å². The SMILES string of the molecule is CCOc1c2cn(-c3ccc(CS(=O)(=O)NC(=O)C(C)c4ccccc4OC)cc3C)c(=O)c2c(OCC)c2ccc[nH]c12. The molecule has 10 nitrogen and oxygen atoms in total. The molecule has 0 aliphatic heterocycles. The summed E-state index contributed by atoms with van der Waals surface area (Å²) in [6, 6.07) is 15.7. The fraction of sp³-hybridized carbons (Fsp3) is 0.273. The lowest BCUT2D eigenvalue weighted by atomic mass is 10.00. The molecule has 1 unspecified atom stereocenters. The number of aromatic amines is 1. The quantitative estimate of drug-likeness (QED) is 0.205. The number of carbonyl (C=O) groups is 1. The maximum absolute atomic E-state index is 13.9. The number of para-hydroxylation sites is 1. The van der Waals surface area contributed by atoms with E-state index >= 15 is 0 Å². The second kappa shape index (κ2) is 12.5. The van der Waals surface area contributed by atoms with E-state index < -0.39 is 27.6 Å². The van der Waals surface area contributed by atoms with Crippen molar-refractivity contribution in [3.05, 3.63) is 94.0 Å². The number of ether oxygens (including phenoxy) is 3. The standard InChI is InChI=1S/C33H35N3O7S/c1-6-42-30-24-12-10-16-34-29(24)31(43-7-2)25-18-36(33(38)28(25)30)26-15-14-22(17-20(26)3)19-44(39,40)35-32(37)21(4)23-11-8-9-13-27(23)41-5/h8-18,21,34H,6-7,19H2,1-5H3,(H,35,37). The second-order valence-corrected chi connectivity index (χ2v) is 12.1. The molecule has 1 atom stereocenters. The number of aromatic nitrogens is 2. The highest BCUT2D eigenvalue weighted by atomic mass is 32.2. The number of amides is 1. The maximum atomic E-state index is 13.9. The molecule has 5 rings (SSSR count). The molecule has 0 saturated heterocycles. The smallest absolute Gasteiger partial charge is 0.266 e. The molecule has 2 aromatic heterocycles. The van der Waals surface area contributed by atoms with Crippen molar-refractivity contribution in [1.82, 2.24) is 14.3 Å². The van der Waals surface area contributed by atoms with Crippen LogP contribution in [0.2, 0.25) is 0 Å². The average molecular weight is 618 g/mol. The summed E-state index contributed by atoms with van der Waals surface area (Å²) in [5, 5.41) is 1.74. The van der Waals surface area contributed by atoms with E-state index in [2.05, 4.69) is 9.71 Å². The summed E-state index contributed by atoms with van der Waals surface area (Å²) in [5.41, 5.74) is 2.75. The number of nitrogens with one attached hydrogen (secondary N) is 2. The van der Waals surface area contributed by atoms with Gasteiger partial charge in [0.25, 0.3) is 5.56 Å². The Morgan fingerprint density at radius 2 is 1.73 bits per heavy atom. The normalized spacial score (nSPS) is 12.3. The number of nitrogens with zero attached hydrogens (tertiary/aromatic N) is 1. The van der Waals surface area contributed by atoms with E-state index in [-0.39, 0.29) is 5.56 Å². The minimum absolute atomic E-state index is 0.281. The molecule has 11 heteroatoms. The summed E-state index contributed by atoms with van der Waals surface area (Å²) < 4.78 is 47.0. The molecule has 2 heterocycles.